The van der Waals surface area contributed by atoms with Crippen LogP contribution in [0.5, 0.6) is 0 Å². The van der Waals surface area contributed by atoms with Crippen molar-refractivity contribution < 1.29 is 0 Å². The monoisotopic (exact) mass is 242 g/mol. The van der Waals surface area contributed by atoms with Gasteiger partial charge in [0, 0.05) is 30.5 Å². The molecule has 3 aromatic rings. The van der Waals surface area contributed by atoms with Crippen molar-refractivity contribution in [2.45, 2.75) is 6.54 Å². The summed E-state index contributed by atoms with van der Waals surface area (Å²) in [5.41, 5.74) is 2.38. The zero-order valence-corrected chi connectivity index (χ0v) is 9.93. The maximum atomic E-state index is 6.18. The van der Waals surface area contributed by atoms with Gasteiger partial charge in [0.25, 0.3) is 0 Å². The average molecular weight is 243 g/mol. The third-order valence-corrected chi connectivity index (χ3v) is 3.13. The van der Waals surface area contributed by atoms with E-state index in [2.05, 4.69) is 21.7 Å². The molecule has 1 aromatic carbocycles. The Balaban J connectivity index is 2.07. The normalized spacial score (nSPS) is 10.9. The lowest BCUT2D eigenvalue weighted by molar-refractivity contribution is 0.836. The van der Waals surface area contributed by atoms with Gasteiger partial charge in [0.05, 0.1) is 10.5 Å². The maximum absolute atomic E-state index is 6.18. The SMILES string of the molecule is Clc1cn(Cc2ccccc2)c2ccncc12. The van der Waals surface area contributed by atoms with Crippen LogP contribution in [0.1, 0.15) is 5.56 Å². The molecule has 0 aliphatic rings. The first-order valence-corrected chi connectivity index (χ1v) is 5.84. The van der Waals surface area contributed by atoms with Crippen LogP contribution < -0.4 is 0 Å². The lowest BCUT2D eigenvalue weighted by atomic mass is 10.2. The maximum Gasteiger partial charge on any atom is 0.0677 e. The Labute approximate surface area is 104 Å². The van der Waals surface area contributed by atoms with E-state index in [1.54, 1.807) is 12.4 Å². The van der Waals surface area contributed by atoms with E-state index in [9.17, 15) is 0 Å². The highest BCUT2D eigenvalue weighted by atomic mass is 35.5. The standard InChI is InChI=1S/C14H11ClN2/c15-13-10-17(9-11-4-2-1-3-5-11)14-6-7-16-8-12(13)14/h1-8,10H,9H2. The van der Waals surface area contributed by atoms with Gasteiger partial charge in [-0.15, -0.1) is 0 Å². The predicted octanol–water partition coefficient (Wildman–Crippen LogP) is 3.74. The van der Waals surface area contributed by atoms with Crippen molar-refractivity contribution in [1.29, 1.82) is 0 Å². The van der Waals surface area contributed by atoms with E-state index < -0.39 is 0 Å². The molecule has 2 nitrogen and oxygen atoms in total. The summed E-state index contributed by atoms with van der Waals surface area (Å²) in [6, 6.07) is 12.3. The van der Waals surface area contributed by atoms with E-state index in [1.807, 2.05) is 30.5 Å². The average Bonchev–Trinajstić information content (AvgIpc) is 2.69. The largest absolute Gasteiger partial charge is 0.341 e. The number of rotatable bonds is 2. The van der Waals surface area contributed by atoms with Crippen LogP contribution in [0.15, 0.2) is 55.0 Å². The van der Waals surface area contributed by atoms with E-state index in [-0.39, 0.29) is 0 Å². The molecule has 0 radical (unpaired) electrons. The summed E-state index contributed by atoms with van der Waals surface area (Å²) in [4.78, 5) is 4.10. The highest BCUT2D eigenvalue weighted by Crippen LogP contribution is 2.25. The molecule has 17 heavy (non-hydrogen) atoms. The molecule has 0 amide bonds. The minimum Gasteiger partial charge on any atom is -0.341 e. The van der Waals surface area contributed by atoms with E-state index >= 15 is 0 Å². The fraction of sp³-hybridized carbons (Fsp3) is 0.0714. The number of pyridine rings is 1. The first-order valence-electron chi connectivity index (χ1n) is 5.47. The van der Waals surface area contributed by atoms with E-state index in [0.29, 0.717) is 0 Å². The van der Waals surface area contributed by atoms with Crippen LogP contribution in [-0.2, 0) is 6.54 Å². The first kappa shape index (κ1) is 10.4. The Morgan fingerprint density at radius 3 is 2.76 bits per heavy atom. The Hall–Kier alpha value is -1.80. The number of hydrogen-bond donors (Lipinski definition) is 0. The quantitative estimate of drug-likeness (QED) is 0.669. The zero-order valence-electron chi connectivity index (χ0n) is 9.18. The molecule has 0 N–H and O–H groups in total. The lowest BCUT2D eigenvalue weighted by Gasteiger charge is -2.04. The molecule has 2 heterocycles. The second-order valence-corrected chi connectivity index (χ2v) is 4.39. The van der Waals surface area contributed by atoms with Gasteiger partial charge in [0.15, 0.2) is 0 Å². The molecule has 84 valence electrons. The molecule has 0 fully saturated rings. The van der Waals surface area contributed by atoms with Gasteiger partial charge in [-0.25, -0.2) is 0 Å². The number of nitrogens with zero attached hydrogens (tertiary/aromatic N) is 2. The Morgan fingerprint density at radius 2 is 1.94 bits per heavy atom. The van der Waals surface area contributed by atoms with Crippen molar-refractivity contribution in [3.8, 4) is 0 Å². The number of fused-ring (bicyclic) bond motifs is 1. The second-order valence-electron chi connectivity index (χ2n) is 3.98. The molecular weight excluding hydrogens is 232 g/mol. The van der Waals surface area contributed by atoms with Crippen molar-refractivity contribution in [3.63, 3.8) is 0 Å². The van der Waals surface area contributed by atoms with Gasteiger partial charge >= 0.3 is 0 Å². The molecule has 2 aromatic heterocycles. The molecule has 0 spiro atoms. The van der Waals surface area contributed by atoms with Gasteiger partial charge in [0.2, 0.25) is 0 Å². The van der Waals surface area contributed by atoms with Gasteiger partial charge in [-0.3, -0.25) is 4.98 Å². The Morgan fingerprint density at radius 1 is 1.12 bits per heavy atom. The third-order valence-electron chi connectivity index (χ3n) is 2.83. The van der Waals surface area contributed by atoms with Crippen LogP contribution in [0.4, 0.5) is 0 Å². The van der Waals surface area contributed by atoms with Crippen LogP contribution in [0.3, 0.4) is 0 Å². The van der Waals surface area contributed by atoms with Crippen LogP contribution in [0.2, 0.25) is 5.02 Å². The van der Waals surface area contributed by atoms with E-state index in [4.69, 9.17) is 11.6 Å². The fourth-order valence-corrected chi connectivity index (χ4v) is 2.27. The summed E-state index contributed by atoms with van der Waals surface area (Å²) < 4.78 is 2.15. The molecule has 0 aliphatic heterocycles. The lowest BCUT2D eigenvalue weighted by Crippen LogP contribution is -1.97. The van der Waals surface area contributed by atoms with Crippen molar-refractivity contribution in [2.24, 2.45) is 0 Å². The van der Waals surface area contributed by atoms with Gasteiger partial charge in [-0.1, -0.05) is 41.9 Å². The molecule has 0 bridgehead atoms. The number of aromatic nitrogens is 2. The minimum atomic E-state index is 0.754. The number of halogens is 1. The smallest absolute Gasteiger partial charge is 0.0677 e. The molecule has 0 unspecified atom stereocenters. The Kier molecular flexibility index (Phi) is 2.57. The first-order chi connectivity index (χ1) is 8.34. The van der Waals surface area contributed by atoms with Crippen molar-refractivity contribution >= 4 is 22.5 Å². The van der Waals surface area contributed by atoms with Gasteiger partial charge in [-0.2, -0.15) is 0 Å². The Bertz CT molecular complexity index is 644. The summed E-state index contributed by atoms with van der Waals surface area (Å²) in [6.07, 6.45) is 5.56. The van der Waals surface area contributed by atoms with E-state index in [0.717, 1.165) is 22.5 Å². The molecule has 0 saturated carbocycles. The van der Waals surface area contributed by atoms with Crippen LogP contribution in [0.25, 0.3) is 10.9 Å². The molecule has 0 saturated heterocycles. The molecule has 3 heteroatoms. The third kappa shape index (κ3) is 1.92. The minimum absolute atomic E-state index is 0.754. The summed E-state index contributed by atoms with van der Waals surface area (Å²) in [5, 5.41) is 1.76. The predicted molar refractivity (Wildman–Crippen MR) is 70.3 cm³/mol. The molecular formula is C14H11ClN2. The van der Waals surface area contributed by atoms with Crippen LogP contribution in [0, 0.1) is 0 Å². The fourth-order valence-electron chi connectivity index (χ4n) is 2.01. The summed E-state index contributed by atoms with van der Waals surface area (Å²) in [5.74, 6) is 0. The summed E-state index contributed by atoms with van der Waals surface area (Å²) >= 11 is 6.18. The van der Waals surface area contributed by atoms with Crippen molar-refractivity contribution in [3.05, 3.63) is 65.6 Å². The van der Waals surface area contributed by atoms with Gasteiger partial charge < -0.3 is 4.57 Å². The molecule has 0 atom stereocenters. The molecule has 3 rings (SSSR count). The topological polar surface area (TPSA) is 17.8 Å². The zero-order chi connectivity index (χ0) is 11.7. The number of hydrogen-bond acceptors (Lipinski definition) is 1. The van der Waals surface area contributed by atoms with Gasteiger partial charge in [0.1, 0.15) is 0 Å². The highest BCUT2D eigenvalue weighted by Gasteiger charge is 2.06. The van der Waals surface area contributed by atoms with Gasteiger partial charge in [-0.05, 0) is 11.6 Å². The second kappa shape index (κ2) is 4.22. The van der Waals surface area contributed by atoms with Crippen molar-refractivity contribution in [1.82, 2.24) is 9.55 Å². The van der Waals surface area contributed by atoms with E-state index in [1.165, 1.54) is 5.56 Å². The van der Waals surface area contributed by atoms with Crippen LogP contribution in [-0.4, -0.2) is 9.55 Å². The number of benzene rings is 1. The highest BCUT2D eigenvalue weighted by molar-refractivity contribution is 6.35. The van der Waals surface area contributed by atoms with Crippen LogP contribution >= 0.6 is 11.6 Å². The van der Waals surface area contributed by atoms with Crippen molar-refractivity contribution in [2.75, 3.05) is 0 Å². The summed E-state index contributed by atoms with van der Waals surface area (Å²) in [7, 11) is 0. The summed E-state index contributed by atoms with van der Waals surface area (Å²) in [6.45, 7) is 0.827. The molecule has 0 aliphatic carbocycles.